The summed E-state index contributed by atoms with van der Waals surface area (Å²) in [6, 6.07) is 0. The summed E-state index contributed by atoms with van der Waals surface area (Å²) < 4.78 is 0. The van der Waals surface area contributed by atoms with Gasteiger partial charge in [0.25, 0.3) is 0 Å². The maximum atomic E-state index is 0. The van der Waals surface area contributed by atoms with Gasteiger partial charge in [0.1, 0.15) is 0 Å². The zero-order chi connectivity index (χ0) is 0. The Morgan fingerprint density at radius 2 is 1.25 bits per heavy atom. The summed E-state index contributed by atoms with van der Waals surface area (Å²) in [5.41, 5.74) is 0. The topological polar surface area (TPSA) is 0 Å². The first-order valence-corrected chi connectivity index (χ1v) is 0. The Labute approximate surface area is 105 Å². The van der Waals surface area contributed by atoms with E-state index in [1.54, 1.807) is 0 Å². The van der Waals surface area contributed by atoms with Crippen LogP contribution in [-0.2, 0) is 0 Å². The fraction of sp³-hybridized carbons (Fsp3) is 0. The zero-order valence-corrected chi connectivity index (χ0v) is 9.49. The third-order valence-electron chi connectivity index (χ3n) is 0. The first-order valence-electron chi connectivity index (χ1n) is 0. The molecule has 0 fully saturated rings. The molecule has 0 unspecified atom stereocenters. The predicted octanol–water partition coefficient (Wildman–Crippen LogP) is -2.26. The number of hydrogen-bond acceptors (Lipinski definition) is 0. The molecule has 0 saturated heterocycles. The molecule has 24 valence electrons. The standard InChI is InChI=1S/Al.Gd.Mg.Sn.7H/q;;+2;;;;;;;2*-1. The van der Waals surface area contributed by atoms with Crippen molar-refractivity contribution in [2.75, 3.05) is 0 Å². The van der Waals surface area contributed by atoms with Gasteiger partial charge in [-0.05, 0) is 0 Å². The third-order valence-corrected chi connectivity index (χ3v) is 0. The van der Waals surface area contributed by atoms with Crippen LogP contribution in [0.4, 0.5) is 0 Å². The second kappa shape index (κ2) is 16.1. The van der Waals surface area contributed by atoms with Crippen molar-refractivity contribution >= 4 is 64.3 Å². The van der Waals surface area contributed by atoms with Gasteiger partial charge in [-0.1, -0.05) is 0 Å². The molecule has 0 atom stereocenters. The Hall–Kier alpha value is 3.42. The summed E-state index contributed by atoms with van der Waals surface area (Å²) in [6.45, 7) is 0. The Balaban J connectivity index is 0. The summed E-state index contributed by atoms with van der Waals surface area (Å²) in [7, 11) is 0. The number of hydrogen-bond donors (Lipinski definition) is 0. The SMILES string of the molecule is [AlH3].[Gd].[H-].[H-].[Mg+2].[SnH2]. The van der Waals surface area contributed by atoms with Crippen LogP contribution in [0.1, 0.15) is 2.85 Å². The fourth-order valence-electron chi connectivity index (χ4n) is 0. The van der Waals surface area contributed by atoms with Crippen molar-refractivity contribution in [3.63, 3.8) is 0 Å². The Kier molecular flexibility index (Phi) is 105. The molecule has 0 aromatic heterocycles. The molecule has 2 radical (unpaired) electrons. The van der Waals surface area contributed by atoms with Crippen LogP contribution in [0.2, 0.25) is 0 Å². The van der Waals surface area contributed by atoms with Gasteiger partial charge in [-0.2, -0.15) is 0 Å². The molecule has 0 aromatic rings. The van der Waals surface area contributed by atoms with Crippen LogP contribution in [-0.4, -0.2) is 64.3 Å². The predicted molar refractivity (Wildman–Crippen MR) is 26.5 cm³/mol. The van der Waals surface area contributed by atoms with Crippen LogP contribution in [0, 0.1) is 39.9 Å². The molecule has 0 amide bonds. The van der Waals surface area contributed by atoms with Crippen molar-refractivity contribution in [3.05, 3.63) is 0 Å². The van der Waals surface area contributed by atoms with Gasteiger partial charge in [0.05, 0.1) is 0 Å². The van der Waals surface area contributed by atoms with E-state index in [1.165, 1.54) is 0 Å². The summed E-state index contributed by atoms with van der Waals surface area (Å²) >= 11 is 0. The second-order valence-corrected chi connectivity index (χ2v) is 0. The van der Waals surface area contributed by atoms with E-state index in [2.05, 4.69) is 0 Å². The molecule has 0 bridgehead atoms. The van der Waals surface area contributed by atoms with E-state index in [4.69, 9.17) is 0 Å². The van der Waals surface area contributed by atoms with E-state index in [0.717, 1.165) is 0 Å². The normalized spacial score (nSPS) is 0. The molecule has 0 N–H and O–H groups in total. The van der Waals surface area contributed by atoms with Crippen LogP contribution >= 0.6 is 0 Å². The molecule has 4 heavy (non-hydrogen) atoms. The molecule has 0 saturated carbocycles. The summed E-state index contributed by atoms with van der Waals surface area (Å²) in [6.07, 6.45) is 0. The van der Waals surface area contributed by atoms with Crippen molar-refractivity contribution in [1.82, 2.24) is 0 Å². The van der Waals surface area contributed by atoms with E-state index in [0.29, 0.717) is 0 Å². The van der Waals surface area contributed by atoms with Gasteiger partial charge in [-0.25, -0.2) is 0 Å². The zero-order valence-electron chi connectivity index (χ0n) is 3.77. The van der Waals surface area contributed by atoms with Gasteiger partial charge >= 0.3 is 47.0 Å². The van der Waals surface area contributed by atoms with E-state index >= 15 is 0 Å². The van der Waals surface area contributed by atoms with Gasteiger partial charge in [0.2, 0.25) is 0 Å². The molecule has 0 heterocycles. The van der Waals surface area contributed by atoms with Crippen LogP contribution in [0.25, 0.3) is 0 Å². The van der Waals surface area contributed by atoms with Crippen molar-refractivity contribution in [2.24, 2.45) is 0 Å². The minimum atomic E-state index is 0. The Bertz CT molecular complexity index is 13.5. The molecule has 4 heteroatoms. The van der Waals surface area contributed by atoms with Crippen molar-refractivity contribution in [3.8, 4) is 0 Å². The van der Waals surface area contributed by atoms with E-state index < -0.39 is 0 Å². The molecule has 0 aromatic carbocycles. The third kappa shape index (κ3) is 9.05. The second-order valence-electron chi connectivity index (χ2n) is 0. The average Bonchev–Trinajstić information content (AvgIpc) is 0. The number of rotatable bonds is 0. The van der Waals surface area contributed by atoms with Gasteiger partial charge in [-0.3, -0.25) is 0 Å². The van der Waals surface area contributed by atoms with Crippen molar-refractivity contribution in [1.29, 1.82) is 0 Å². The quantitative estimate of drug-likeness (QED) is 0.439. The van der Waals surface area contributed by atoms with Crippen LogP contribution in [0.3, 0.4) is 0 Å². The van der Waals surface area contributed by atoms with Crippen LogP contribution < -0.4 is 0 Å². The molecular formula is H7AlGdMgSn. The molecule has 0 spiro atoms. The maximum absolute atomic E-state index is 0. The van der Waals surface area contributed by atoms with E-state index in [-0.39, 0.29) is 107 Å². The molecule has 0 aliphatic heterocycles. The van der Waals surface area contributed by atoms with Gasteiger partial charge in [-0.15, -0.1) is 0 Å². The molecular weight excluding hydrogens is 327 g/mol. The summed E-state index contributed by atoms with van der Waals surface area (Å²) in [4.78, 5) is 0. The average molecular weight is 334 g/mol. The molecule has 0 rings (SSSR count). The molecule has 0 aliphatic carbocycles. The van der Waals surface area contributed by atoms with Gasteiger partial charge < -0.3 is 2.85 Å². The monoisotopic (exact) mass is 336 g/mol. The van der Waals surface area contributed by atoms with Crippen LogP contribution in [0.15, 0.2) is 0 Å². The molecule has 0 nitrogen and oxygen atoms in total. The Morgan fingerprint density at radius 3 is 1.25 bits per heavy atom. The van der Waals surface area contributed by atoms with E-state index in [9.17, 15) is 0 Å². The van der Waals surface area contributed by atoms with Crippen LogP contribution in [0.5, 0.6) is 0 Å². The summed E-state index contributed by atoms with van der Waals surface area (Å²) in [5, 5.41) is 0. The first-order chi connectivity index (χ1) is 0. The van der Waals surface area contributed by atoms with E-state index in [1.807, 2.05) is 0 Å². The first kappa shape index (κ1) is 26.1. The van der Waals surface area contributed by atoms with Gasteiger partial charge in [0, 0.05) is 39.9 Å². The Morgan fingerprint density at radius 1 is 1.25 bits per heavy atom. The van der Waals surface area contributed by atoms with Gasteiger partial charge in [0.15, 0.2) is 17.4 Å². The summed E-state index contributed by atoms with van der Waals surface area (Å²) in [5.74, 6) is 0. The van der Waals surface area contributed by atoms with Crippen molar-refractivity contribution < 1.29 is 42.8 Å². The minimum absolute atomic E-state index is 0. The fourth-order valence-corrected chi connectivity index (χ4v) is 0. The van der Waals surface area contributed by atoms with Crippen molar-refractivity contribution in [2.45, 2.75) is 0 Å². The molecule has 0 aliphatic rings.